The number of carbonyl (C=O) groups is 1. The number of fused-ring (bicyclic) bond motifs is 1. The molecular weight excluding hydrogens is 366 g/mol. The van der Waals surface area contributed by atoms with Gasteiger partial charge in [0.2, 0.25) is 0 Å². The summed E-state index contributed by atoms with van der Waals surface area (Å²) < 4.78 is 8.00. The molecule has 152 valence electrons. The number of rotatable bonds is 4. The third-order valence-electron chi connectivity index (χ3n) is 5.44. The highest BCUT2D eigenvalue weighted by Gasteiger charge is 2.34. The van der Waals surface area contributed by atoms with Crippen molar-refractivity contribution in [1.82, 2.24) is 25.3 Å². The number of hydrogen-bond donors (Lipinski definition) is 2. The van der Waals surface area contributed by atoms with Crippen LogP contribution in [0, 0.1) is 13.8 Å². The van der Waals surface area contributed by atoms with Crippen molar-refractivity contribution in [2.75, 3.05) is 0 Å². The highest BCUT2D eigenvalue weighted by molar-refractivity contribution is 5.93. The van der Waals surface area contributed by atoms with E-state index >= 15 is 0 Å². The molecule has 1 aromatic carbocycles. The van der Waals surface area contributed by atoms with E-state index in [1.54, 1.807) is 6.07 Å². The predicted octanol–water partition coefficient (Wildman–Crippen LogP) is 3.94. The Morgan fingerprint density at radius 1 is 1.34 bits per heavy atom. The van der Waals surface area contributed by atoms with E-state index in [4.69, 9.17) is 4.74 Å². The van der Waals surface area contributed by atoms with Crippen LogP contribution >= 0.6 is 0 Å². The topological polar surface area (TPSA) is 84.8 Å². The number of para-hydroxylation sites is 1. The monoisotopic (exact) mass is 393 g/mol. The van der Waals surface area contributed by atoms with Crippen LogP contribution in [0.5, 0.6) is 5.75 Å². The summed E-state index contributed by atoms with van der Waals surface area (Å²) in [6.07, 6.45) is 0.693. The van der Waals surface area contributed by atoms with Gasteiger partial charge in [-0.25, -0.2) is 0 Å². The van der Waals surface area contributed by atoms with E-state index in [1.165, 1.54) is 0 Å². The highest BCUT2D eigenvalue weighted by Crippen LogP contribution is 2.39. The molecular formula is C22H27N5O2. The van der Waals surface area contributed by atoms with E-state index < -0.39 is 0 Å². The average molecular weight is 393 g/mol. The second-order valence-electron chi connectivity index (χ2n) is 8.16. The largest absolute Gasteiger partial charge is 0.487 e. The molecule has 0 radical (unpaired) electrons. The lowest BCUT2D eigenvalue weighted by atomic mass is 9.89. The summed E-state index contributed by atoms with van der Waals surface area (Å²) in [6.45, 7) is 10.9. The van der Waals surface area contributed by atoms with Crippen LogP contribution in [-0.4, -0.2) is 31.5 Å². The second-order valence-corrected chi connectivity index (χ2v) is 8.16. The summed E-state index contributed by atoms with van der Waals surface area (Å²) in [4.78, 5) is 13.0. The molecule has 1 amide bonds. The van der Waals surface area contributed by atoms with E-state index in [9.17, 15) is 4.79 Å². The molecule has 0 bridgehead atoms. The van der Waals surface area contributed by atoms with Crippen molar-refractivity contribution in [3.05, 3.63) is 53.0 Å². The first-order valence-electron chi connectivity index (χ1n) is 9.97. The number of aryl methyl sites for hydroxylation is 2. The Balaban J connectivity index is 1.59. The van der Waals surface area contributed by atoms with Crippen molar-refractivity contribution in [3.8, 4) is 17.0 Å². The molecule has 0 saturated carbocycles. The smallest absolute Gasteiger partial charge is 0.269 e. The lowest BCUT2D eigenvalue weighted by molar-refractivity contribution is 0.0618. The molecule has 2 N–H and O–H groups in total. The molecule has 1 atom stereocenters. The Hall–Kier alpha value is -3.09. The minimum absolute atomic E-state index is 0.125. The van der Waals surface area contributed by atoms with Gasteiger partial charge in [0.05, 0.1) is 17.4 Å². The molecule has 2 aromatic heterocycles. The van der Waals surface area contributed by atoms with E-state index in [0.717, 1.165) is 40.5 Å². The molecule has 0 aliphatic carbocycles. The summed E-state index contributed by atoms with van der Waals surface area (Å²) in [6, 6.07) is 9.52. The highest BCUT2D eigenvalue weighted by atomic mass is 16.5. The standard InChI is InChI=1S/C22H27N5O2/c1-6-27-14(3)20(13(2)26-27)16-11-17(25-24-16)21(28)23-18-12-22(4,5)29-19-10-8-7-9-15(18)19/h7-11,18H,6,12H2,1-5H3,(H,23,28)(H,24,25)/t18-/m1/s1. The number of ether oxygens (including phenoxy) is 1. The van der Waals surface area contributed by atoms with Crippen LogP contribution in [0.2, 0.25) is 0 Å². The number of aromatic amines is 1. The fourth-order valence-electron chi connectivity index (χ4n) is 4.11. The molecule has 1 aliphatic heterocycles. The number of H-pyrrole nitrogens is 1. The van der Waals surface area contributed by atoms with Crippen LogP contribution in [0.15, 0.2) is 30.3 Å². The third-order valence-corrected chi connectivity index (χ3v) is 5.44. The maximum absolute atomic E-state index is 13.0. The fourth-order valence-corrected chi connectivity index (χ4v) is 4.11. The first-order chi connectivity index (χ1) is 13.8. The zero-order valence-electron chi connectivity index (χ0n) is 17.5. The maximum Gasteiger partial charge on any atom is 0.269 e. The van der Waals surface area contributed by atoms with Gasteiger partial charge in [-0.05, 0) is 46.8 Å². The van der Waals surface area contributed by atoms with Crippen LogP contribution in [0.25, 0.3) is 11.3 Å². The number of nitrogens with one attached hydrogen (secondary N) is 2. The predicted molar refractivity (Wildman–Crippen MR) is 111 cm³/mol. The first-order valence-corrected chi connectivity index (χ1v) is 9.97. The molecule has 1 aliphatic rings. The summed E-state index contributed by atoms with van der Waals surface area (Å²) in [7, 11) is 0. The van der Waals surface area contributed by atoms with Gasteiger partial charge >= 0.3 is 0 Å². The van der Waals surface area contributed by atoms with Crippen molar-refractivity contribution in [2.24, 2.45) is 0 Å². The van der Waals surface area contributed by atoms with Crippen molar-refractivity contribution in [2.45, 2.75) is 59.2 Å². The minimum atomic E-state index is -0.353. The van der Waals surface area contributed by atoms with E-state index in [2.05, 4.69) is 27.5 Å². The Bertz CT molecular complexity index is 1060. The molecule has 4 rings (SSSR count). The molecule has 29 heavy (non-hydrogen) atoms. The van der Waals surface area contributed by atoms with Crippen LogP contribution in [0.1, 0.15) is 60.7 Å². The Morgan fingerprint density at radius 2 is 2.10 bits per heavy atom. The lowest BCUT2D eigenvalue weighted by Gasteiger charge is -2.37. The van der Waals surface area contributed by atoms with Gasteiger partial charge in [-0.15, -0.1) is 0 Å². The number of aromatic nitrogens is 4. The number of nitrogens with zero attached hydrogens (tertiary/aromatic N) is 3. The van der Waals surface area contributed by atoms with E-state index in [1.807, 2.05) is 56.6 Å². The summed E-state index contributed by atoms with van der Waals surface area (Å²) in [5.74, 6) is 0.636. The summed E-state index contributed by atoms with van der Waals surface area (Å²) >= 11 is 0. The number of amides is 1. The van der Waals surface area contributed by atoms with Crippen LogP contribution < -0.4 is 10.1 Å². The minimum Gasteiger partial charge on any atom is -0.487 e. The number of hydrogen-bond acceptors (Lipinski definition) is 4. The first kappa shape index (κ1) is 19.2. The van der Waals surface area contributed by atoms with Gasteiger partial charge in [0, 0.05) is 29.8 Å². The molecule has 0 spiro atoms. The summed E-state index contributed by atoms with van der Waals surface area (Å²) in [5, 5.41) is 15.0. The fraction of sp³-hybridized carbons (Fsp3) is 0.409. The Kier molecular flexibility index (Phi) is 4.68. The SMILES string of the molecule is CCn1nc(C)c(-c2cc(C(=O)N[C@@H]3CC(C)(C)Oc4ccccc43)[nH]n2)c1C. The van der Waals surface area contributed by atoms with Gasteiger partial charge in [0.15, 0.2) is 0 Å². The molecule has 3 heterocycles. The Labute approximate surface area is 170 Å². The van der Waals surface area contributed by atoms with E-state index in [0.29, 0.717) is 12.1 Å². The van der Waals surface area contributed by atoms with Crippen molar-refractivity contribution in [1.29, 1.82) is 0 Å². The number of benzene rings is 1. The summed E-state index contributed by atoms with van der Waals surface area (Å²) in [5.41, 5.74) is 4.73. The third kappa shape index (κ3) is 3.52. The molecule has 0 unspecified atom stereocenters. The van der Waals surface area contributed by atoms with Crippen molar-refractivity contribution in [3.63, 3.8) is 0 Å². The maximum atomic E-state index is 13.0. The van der Waals surface area contributed by atoms with E-state index in [-0.39, 0.29) is 17.6 Å². The zero-order chi connectivity index (χ0) is 20.8. The molecule has 0 fully saturated rings. The molecule has 7 heteroatoms. The molecule has 7 nitrogen and oxygen atoms in total. The van der Waals surface area contributed by atoms with Gasteiger partial charge in [0.25, 0.3) is 5.91 Å². The van der Waals surface area contributed by atoms with Crippen molar-refractivity contribution < 1.29 is 9.53 Å². The van der Waals surface area contributed by atoms with Gasteiger partial charge in [-0.2, -0.15) is 10.2 Å². The quantitative estimate of drug-likeness (QED) is 0.703. The van der Waals surface area contributed by atoms with Gasteiger partial charge in [-0.3, -0.25) is 14.6 Å². The van der Waals surface area contributed by atoms with Gasteiger partial charge in [0.1, 0.15) is 17.0 Å². The average Bonchev–Trinajstić information content (AvgIpc) is 3.25. The zero-order valence-corrected chi connectivity index (χ0v) is 17.5. The Morgan fingerprint density at radius 3 is 2.83 bits per heavy atom. The van der Waals surface area contributed by atoms with Crippen LogP contribution in [0.4, 0.5) is 0 Å². The molecule has 0 saturated heterocycles. The number of carbonyl (C=O) groups excluding carboxylic acids is 1. The normalized spacial score (nSPS) is 17.5. The van der Waals surface area contributed by atoms with Crippen LogP contribution in [-0.2, 0) is 6.54 Å². The van der Waals surface area contributed by atoms with Gasteiger partial charge < -0.3 is 10.1 Å². The second kappa shape index (κ2) is 7.06. The van der Waals surface area contributed by atoms with Crippen LogP contribution in [0.3, 0.4) is 0 Å². The molecule has 3 aromatic rings. The lowest BCUT2D eigenvalue weighted by Crippen LogP contribution is -2.41. The van der Waals surface area contributed by atoms with Gasteiger partial charge in [-0.1, -0.05) is 18.2 Å². The van der Waals surface area contributed by atoms with Crippen molar-refractivity contribution >= 4 is 5.91 Å².